The van der Waals surface area contributed by atoms with E-state index in [1.807, 2.05) is 43.3 Å². The van der Waals surface area contributed by atoms with Crippen molar-refractivity contribution in [1.29, 1.82) is 0 Å². The first-order valence-corrected chi connectivity index (χ1v) is 8.31. The second-order valence-corrected chi connectivity index (χ2v) is 6.16. The number of nitrogens with one attached hydrogen (secondary N) is 1. The zero-order chi connectivity index (χ0) is 16.9. The molecule has 128 valence electrons. The molecule has 0 radical (unpaired) electrons. The van der Waals surface area contributed by atoms with Crippen molar-refractivity contribution >= 4 is 5.91 Å². The molecule has 1 aromatic carbocycles. The number of hydrogen-bond acceptors (Lipinski definition) is 4. The van der Waals surface area contributed by atoms with Crippen LogP contribution in [0, 0.1) is 6.92 Å². The average molecular weight is 329 g/mol. The van der Waals surface area contributed by atoms with E-state index in [4.69, 9.17) is 4.74 Å². The van der Waals surface area contributed by atoms with E-state index in [9.17, 15) is 9.90 Å². The van der Waals surface area contributed by atoms with Gasteiger partial charge in [-0.25, -0.2) is 0 Å². The van der Waals surface area contributed by atoms with E-state index in [0.717, 1.165) is 17.9 Å². The van der Waals surface area contributed by atoms with Gasteiger partial charge in [0.2, 0.25) is 5.91 Å². The number of hydrogen-bond donors (Lipinski definition) is 2. The molecule has 1 heterocycles. The number of amides is 1. The highest BCUT2D eigenvalue weighted by atomic mass is 16.5. The average Bonchev–Trinajstić information content (AvgIpc) is 3.14. The number of ether oxygens (including phenoxy) is 1. The molecule has 6 heteroatoms. The van der Waals surface area contributed by atoms with Crippen LogP contribution in [0.4, 0.5) is 0 Å². The third kappa shape index (κ3) is 3.94. The Labute approximate surface area is 141 Å². The summed E-state index contributed by atoms with van der Waals surface area (Å²) in [5.41, 5.74) is 1.03. The smallest absolute Gasteiger partial charge is 0.222 e. The number of aryl methyl sites for hydroxylation is 2. The fourth-order valence-electron chi connectivity index (χ4n) is 3.02. The van der Waals surface area contributed by atoms with Crippen LogP contribution in [0.15, 0.2) is 42.6 Å². The second kappa shape index (κ2) is 7.49. The zero-order valence-corrected chi connectivity index (χ0v) is 13.8. The van der Waals surface area contributed by atoms with Crippen molar-refractivity contribution in [2.24, 2.45) is 0 Å². The van der Waals surface area contributed by atoms with Crippen molar-refractivity contribution in [2.75, 3.05) is 0 Å². The number of rotatable bonds is 6. The second-order valence-electron chi connectivity index (χ2n) is 6.16. The molecule has 24 heavy (non-hydrogen) atoms. The first kappa shape index (κ1) is 16.5. The summed E-state index contributed by atoms with van der Waals surface area (Å²) in [6.45, 7) is 2.49. The van der Waals surface area contributed by atoms with Crippen molar-refractivity contribution in [2.45, 2.75) is 51.0 Å². The molecule has 0 bridgehead atoms. The quantitative estimate of drug-likeness (QED) is 0.845. The maximum Gasteiger partial charge on any atom is 0.222 e. The largest absolute Gasteiger partial charge is 0.488 e. The predicted molar refractivity (Wildman–Crippen MR) is 89.6 cm³/mol. The molecule has 1 saturated carbocycles. The highest BCUT2D eigenvalue weighted by molar-refractivity contribution is 5.76. The van der Waals surface area contributed by atoms with Crippen LogP contribution in [0.1, 0.15) is 25.0 Å². The first-order valence-electron chi connectivity index (χ1n) is 8.31. The lowest BCUT2D eigenvalue weighted by atomic mass is 10.2. The van der Waals surface area contributed by atoms with Gasteiger partial charge in [-0.05, 0) is 38.0 Å². The van der Waals surface area contributed by atoms with Gasteiger partial charge in [-0.15, -0.1) is 0 Å². The van der Waals surface area contributed by atoms with Crippen LogP contribution in [0.3, 0.4) is 0 Å². The maximum absolute atomic E-state index is 12.1. The van der Waals surface area contributed by atoms with Gasteiger partial charge in [-0.3, -0.25) is 9.48 Å². The molecule has 3 rings (SSSR count). The van der Waals surface area contributed by atoms with E-state index >= 15 is 0 Å². The molecular weight excluding hydrogens is 306 g/mol. The molecule has 6 nitrogen and oxygen atoms in total. The number of aliphatic hydroxyl groups is 1. The fourth-order valence-corrected chi connectivity index (χ4v) is 3.02. The fraction of sp³-hybridized carbons (Fsp3) is 0.444. The minimum atomic E-state index is -0.694. The Morgan fingerprint density at radius 1 is 1.33 bits per heavy atom. The van der Waals surface area contributed by atoms with Gasteiger partial charge in [0.1, 0.15) is 18.0 Å². The van der Waals surface area contributed by atoms with Crippen LogP contribution in [-0.4, -0.2) is 39.0 Å². The van der Waals surface area contributed by atoms with Crippen molar-refractivity contribution in [3.05, 3.63) is 48.3 Å². The Balaban J connectivity index is 1.47. The predicted octanol–water partition coefficient (Wildman–Crippen LogP) is 1.67. The molecular formula is C18H23N3O3. The minimum absolute atomic E-state index is 0.0747. The normalized spacial score (nSPS) is 23.2. The number of para-hydroxylation sites is 1. The zero-order valence-electron chi connectivity index (χ0n) is 13.8. The van der Waals surface area contributed by atoms with Crippen molar-refractivity contribution < 1.29 is 14.6 Å². The van der Waals surface area contributed by atoms with Crippen LogP contribution in [0.25, 0.3) is 0 Å². The van der Waals surface area contributed by atoms with Gasteiger partial charge in [0.25, 0.3) is 0 Å². The number of aromatic nitrogens is 2. The Kier molecular flexibility index (Phi) is 5.15. The van der Waals surface area contributed by atoms with Crippen LogP contribution >= 0.6 is 0 Å². The van der Waals surface area contributed by atoms with Gasteiger partial charge in [0.05, 0.1) is 6.04 Å². The molecule has 2 N–H and O–H groups in total. The van der Waals surface area contributed by atoms with Crippen LogP contribution in [0.2, 0.25) is 0 Å². The molecule has 0 saturated heterocycles. The van der Waals surface area contributed by atoms with E-state index in [-0.39, 0.29) is 18.1 Å². The third-order valence-electron chi connectivity index (χ3n) is 4.41. The van der Waals surface area contributed by atoms with Crippen LogP contribution in [0.5, 0.6) is 5.75 Å². The summed E-state index contributed by atoms with van der Waals surface area (Å²) >= 11 is 0. The summed E-state index contributed by atoms with van der Waals surface area (Å²) in [5, 5.41) is 17.5. The highest BCUT2D eigenvalue weighted by Crippen LogP contribution is 2.25. The number of nitrogens with zero attached hydrogens (tertiary/aromatic N) is 2. The highest BCUT2D eigenvalue weighted by Gasteiger charge is 2.37. The monoisotopic (exact) mass is 329 g/mol. The third-order valence-corrected chi connectivity index (χ3v) is 4.41. The lowest BCUT2D eigenvalue weighted by molar-refractivity contribution is -0.122. The number of carbonyl (C=O) groups is 1. The standard InChI is InChI=1S/C18H23N3O3/c1-13-9-11-19-21(13)12-10-17(22)20-15-7-8-16(18(15)23)24-14-5-3-2-4-6-14/h2-6,9,11,15-16,18,23H,7-8,10,12H2,1H3,(H,20,22)/t15-,16-,18-/m1/s1. The van der Waals surface area contributed by atoms with E-state index in [1.54, 1.807) is 10.9 Å². The van der Waals surface area contributed by atoms with E-state index in [0.29, 0.717) is 19.4 Å². The Hall–Kier alpha value is -2.34. The Morgan fingerprint density at radius 3 is 2.83 bits per heavy atom. The van der Waals surface area contributed by atoms with E-state index in [1.165, 1.54) is 0 Å². The van der Waals surface area contributed by atoms with Gasteiger partial charge >= 0.3 is 0 Å². The van der Waals surface area contributed by atoms with Crippen LogP contribution < -0.4 is 10.1 Å². The lowest BCUT2D eigenvalue weighted by Gasteiger charge is -2.21. The lowest BCUT2D eigenvalue weighted by Crippen LogP contribution is -2.44. The number of benzene rings is 1. The van der Waals surface area contributed by atoms with Gasteiger partial charge in [0, 0.05) is 24.9 Å². The molecule has 1 aromatic heterocycles. The summed E-state index contributed by atoms with van der Waals surface area (Å²) in [5.74, 6) is 0.664. The van der Waals surface area contributed by atoms with E-state index in [2.05, 4.69) is 10.4 Å². The van der Waals surface area contributed by atoms with Crippen molar-refractivity contribution in [1.82, 2.24) is 15.1 Å². The van der Waals surface area contributed by atoms with Crippen molar-refractivity contribution in [3.8, 4) is 5.75 Å². The molecule has 1 amide bonds. The van der Waals surface area contributed by atoms with Crippen LogP contribution in [-0.2, 0) is 11.3 Å². The SMILES string of the molecule is Cc1ccnn1CCC(=O)N[C@@H]1CC[C@@H](Oc2ccccc2)[C@@H]1O. The van der Waals surface area contributed by atoms with Gasteiger partial charge in [0.15, 0.2) is 0 Å². The van der Waals surface area contributed by atoms with Crippen molar-refractivity contribution in [3.63, 3.8) is 0 Å². The Bertz CT molecular complexity index is 671. The molecule has 3 atom stereocenters. The topological polar surface area (TPSA) is 76.4 Å². The number of aliphatic hydroxyl groups excluding tert-OH is 1. The molecule has 0 spiro atoms. The summed E-state index contributed by atoms with van der Waals surface area (Å²) < 4.78 is 7.62. The summed E-state index contributed by atoms with van der Waals surface area (Å²) in [6, 6.07) is 11.1. The molecule has 0 unspecified atom stereocenters. The summed E-state index contributed by atoms with van der Waals surface area (Å²) in [4.78, 5) is 12.1. The molecule has 2 aromatic rings. The molecule has 0 aliphatic heterocycles. The first-order chi connectivity index (χ1) is 11.6. The van der Waals surface area contributed by atoms with E-state index < -0.39 is 6.10 Å². The molecule has 1 aliphatic rings. The van der Waals surface area contributed by atoms with Gasteiger partial charge in [-0.1, -0.05) is 18.2 Å². The molecule has 1 aliphatic carbocycles. The van der Waals surface area contributed by atoms with Gasteiger partial charge < -0.3 is 15.2 Å². The summed E-state index contributed by atoms with van der Waals surface area (Å²) in [7, 11) is 0. The Morgan fingerprint density at radius 2 is 2.12 bits per heavy atom. The maximum atomic E-state index is 12.1. The number of carbonyl (C=O) groups excluding carboxylic acids is 1. The minimum Gasteiger partial charge on any atom is -0.488 e. The summed E-state index contributed by atoms with van der Waals surface area (Å²) in [6.07, 6.45) is 2.52. The van der Waals surface area contributed by atoms with Gasteiger partial charge in [-0.2, -0.15) is 5.10 Å². The molecule has 1 fully saturated rings.